The van der Waals surface area contributed by atoms with Gasteiger partial charge in [0.2, 0.25) is 0 Å². The van der Waals surface area contributed by atoms with Crippen LogP contribution >= 0.6 is 0 Å². The van der Waals surface area contributed by atoms with Crippen LogP contribution in [0.25, 0.3) is 0 Å². The molecule has 0 fully saturated rings. The van der Waals surface area contributed by atoms with Crippen molar-refractivity contribution in [2.75, 3.05) is 0 Å². The fraction of sp³-hybridized carbons (Fsp3) is 0. The maximum Gasteiger partial charge on any atom is 0.0472 e. The first kappa shape index (κ1) is 7.54. The molecule has 0 unspecified atom stereocenters. The summed E-state index contributed by atoms with van der Waals surface area (Å²) in [6.07, 6.45) is 16.9. The summed E-state index contributed by atoms with van der Waals surface area (Å²) < 4.78 is 0. The molecule has 0 aliphatic carbocycles. The van der Waals surface area contributed by atoms with Gasteiger partial charge in [-0.2, -0.15) is 5.10 Å². The van der Waals surface area contributed by atoms with Gasteiger partial charge in [0.05, 0.1) is 0 Å². The number of rotatable bonds is 0. The van der Waals surface area contributed by atoms with E-state index < -0.39 is 0 Å². The summed E-state index contributed by atoms with van der Waals surface area (Å²) in [5.41, 5.74) is 2.74. The van der Waals surface area contributed by atoms with Crippen LogP contribution in [0.3, 0.4) is 0 Å². The first-order valence-electron chi connectivity index (χ1n) is 3.44. The van der Waals surface area contributed by atoms with Crippen molar-refractivity contribution >= 4 is 6.21 Å². The highest BCUT2D eigenvalue weighted by molar-refractivity contribution is 5.71. The molecule has 0 bridgehead atoms. The molecule has 56 valence electrons. The van der Waals surface area contributed by atoms with Crippen LogP contribution < -0.4 is 5.43 Å². The largest absolute Gasteiger partial charge is 0.286 e. The van der Waals surface area contributed by atoms with Crippen LogP contribution in [-0.2, 0) is 0 Å². The van der Waals surface area contributed by atoms with Gasteiger partial charge in [0.1, 0.15) is 0 Å². The number of allylic oxidation sites excluding steroid dienone is 7. The fourth-order valence-corrected chi connectivity index (χ4v) is 0.598. The van der Waals surface area contributed by atoms with Crippen molar-refractivity contribution in [3.05, 3.63) is 48.7 Å². The lowest BCUT2D eigenvalue weighted by Gasteiger charge is -1.83. The summed E-state index contributed by atoms with van der Waals surface area (Å²) in [5, 5.41) is 3.86. The summed E-state index contributed by atoms with van der Waals surface area (Å²) in [7, 11) is 0. The van der Waals surface area contributed by atoms with Gasteiger partial charge in [0, 0.05) is 12.4 Å². The molecule has 0 aromatic heterocycles. The Morgan fingerprint density at radius 2 is 1.36 bits per heavy atom. The molecule has 0 radical (unpaired) electrons. The minimum absolute atomic E-state index is 1.69. The predicted octanol–water partition coefficient (Wildman–Crippen LogP) is 1.76. The molecule has 0 saturated carbocycles. The Hall–Kier alpha value is -1.57. The zero-order valence-corrected chi connectivity index (χ0v) is 6.14. The van der Waals surface area contributed by atoms with Crippen LogP contribution in [0.5, 0.6) is 0 Å². The van der Waals surface area contributed by atoms with Gasteiger partial charge in [-0.3, -0.25) is 5.43 Å². The molecule has 0 aromatic carbocycles. The highest BCUT2D eigenvalue weighted by atomic mass is 15.3. The molecule has 2 nitrogen and oxygen atoms in total. The van der Waals surface area contributed by atoms with Crippen LogP contribution in [0.1, 0.15) is 0 Å². The molecule has 0 aromatic rings. The van der Waals surface area contributed by atoms with Crippen molar-refractivity contribution in [2.24, 2.45) is 5.10 Å². The third kappa shape index (κ3) is 3.92. The van der Waals surface area contributed by atoms with Crippen molar-refractivity contribution in [1.29, 1.82) is 0 Å². The molecule has 2 heteroatoms. The highest BCUT2D eigenvalue weighted by Gasteiger charge is 1.67. The Balaban J connectivity index is 2.61. The van der Waals surface area contributed by atoms with E-state index in [-0.39, 0.29) is 0 Å². The van der Waals surface area contributed by atoms with Crippen LogP contribution in [-0.4, -0.2) is 6.21 Å². The third-order valence-corrected chi connectivity index (χ3v) is 1.07. The van der Waals surface area contributed by atoms with Gasteiger partial charge in [-0.1, -0.05) is 30.4 Å². The Labute approximate surface area is 66.3 Å². The summed E-state index contributed by atoms with van der Waals surface area (Å²) >= 11 is 0. The summed E-state index contributed by atoms with van der Waals surface area (Å²) in [5.74, 6) is 0. The van der Waals surface area contributed by atoms with Gasteiger partial charge in [-0.05, 0) is 12.2 Å². The Bertz CT molecular complexity index is 208. The minimum Gasteiger partial charge on any atom is -0.286 e. The zero-order chi connectivity index (χ0) is 7.78. The van der Waals surface area contributed by atoms with E-state index >= 15 is 0 Å². The summed E-state index contributed by atoms with van der Waals surface area (Å²) in [6, 6.07) is 0. The van der Waals surface area contributed by atoms with Crippen LogP contribution in [0.4, 0.5) is 0 Å². The maximum absolute atomic E-state index is 3.86. The molecule has 0 amide bonds. The number of nitrogens with zero attached hydrogens (tertiary/aromatic N) is 1. The SMILES string of the molecule is C1=C\C=C/C=N\N/C=C\C=C/1. The van der Waals surface area contributed by atoms with E-state index in [0.29, 0.717) is 0 Å². The maximum atomic E-state index is 3.86. The van der Waals surface area contributed by atoms with E-state index in [0.717, 1.165) is 0 Å². The molecule has 1 aliphatic heterocycles. The molecule has 0 atom stereocenters. The second-order valence-electron chi connectivity index (χ2n) is 1.92. The molecule has 0 spiro atoms. The van der Waals surface area contributed by atoms with E-state index in [1.54, 1.807) is 12.4 Å². The normalized spacial score (nSPS) is 30.5. The van der Waals surface area contributed by atoms with Crippen LogP contribution in [0.15, 0.2) is 53.8 Å². The van der Waals surface area contributed by atoms with Crippen molar-refractivity contribution in [1.82, 2.24) is 5.43 Å². The first-order chi connectivity index (χ1) is 5.50. The number of hydrazone groups is 1. The first-order valence-corrected chi connectivity index (χ1v) is 3.44. The molecular formula is C9H10N2. The van der Waals surface area contributed by atoms with E-state index in [1.807, 2.05) is 42.5 Å². The minimum atomic E-state index is 1.69. The monoisotopic (exact) mass is 146 g/mol. The van der Waals surface area contributed by atoms with Gasteiger partial charge in [-0.25, -0.2) is 0 Å². The van der Waals surface area contributed by atoms with Gasteiger partial charge < -0.3 is 0 Å². The average Bonchev–Trinajstić information content (AvgIpc) is 2.08. The third-order valence-electron chi connectivity index (χ3n) is 1.07. The van der Waals surface area contributed by atoms with Gasteiger partial charge in [0.25, 0.3) is 0 Å². The number of nitrogens with one attached hydrogen (secondary N) is 1. The molecule has 1 heterocycles. The molecule has 1 aliphatic rings. The van der Waals surface area contributed by atoms with Crippen LogP contribution in [0, 0.1) is 0 Å². The molecule has 0 saturated heterocycles. The molecule has 1 rings (SSSR count). The van der Waals surface area contributed by atoms with Gasteiger partial charge in [-0.15, -0.1) is 0 Å². The zero-order valence-electron chi connectivity index (χ0n) is 6.14. The standard InChI is InChI=1S/C9H10N2/c1-2-4-6-8-10-11-9-7-5-3-1/h1-10H/b3-1-,4-2-,7-5-,8-6-,11-9-. The molecular weight excluding hydrogens is 136 g/mol. The van der Waals surface area contributed by atoms with Crippen molar-refractivity contribution in [3.63, 3.8) is 0 Å². The van der Waals surface area contributed by atoms with Gasteiger partial charge >= 0.3 is 0 Å². The Kier molecular flexibility index (Phi) is 3.59. The summed E-state index contributed by atoms with van der Waals surface area (Å²) in [4.78, 5) is 0. The van der Waals surface area contributed by atoms with E-state index in [2.05, 4.69) is 10.5 Å². The quantitative estimate of drug-likeness (QED) is 0.553. The lowest BCUT2D eigenvalue weighted by Crippen LogP contribution is -1.91. The van der Waals surface area contributed by atoms with Crippen LogP contribution in [0.2, 0.25) is 0 Å². The van der Waals surface area contributed by atoms with E-state index in [4.69, 9.17) is 0 Å². The van der Waals surface area contributed by atoms with E-state index in [1.165, 1.54) is 0 Å². The van der Waals surface area contributed by atoms with Crippen molar-refractivity contribution < 1.29 is 0 Å². The molecule has 1 N–H and O–H groups in total. The fourth-order valence-electron chi connectivity index (χ4n) is 0.598. The Morgan fingerprint density at radius 3 is 2.18 bits per heavy atom. The number of hydrogen-bond donors (Lipinski definition) is 1. The predicted molar refractivity (Wildman–Crippen MR) is 48.2 cm³/mol. The van der Waals surface area contributed by atoms with E-state index in [9.17, 15) is 0 Å². The lowest BCUT2D eigenvalue weighted by atomic mass is 10.4. The number of hydrogen-bond acceptors (Lipinski definition) is 2. The molecule has 11 heavy (non-hydrogen) atoms. The van der Waals surface area contributed by atoms with Crippen molar-refractivity contribution in [3.8, 4) is 0 Å². The highest BCUT2D eigenvalue weighted by Crippen LogP contribution is 1.82. The smallest absolute Gasteiger partial charge is 0.0472 e. The summed E-state index contributed by atoms with van der Waals surface area (Å²) in [6.45, 7) is 0. The van der Waals surface area contributed by atoms with Crippen molar-refractivity contribution in [2.45, 2.75) is 0 Å². The second kappa shape index (κ2) is 5.23. The lowest BCUT2D eigenvalue weighted by molar-refractivity contribution is 0.977. The average molecular weight is 146 g/mol. The van der Waals surface area contributed by atoms with Gasteiger partial charge in [0.15, 0.2) is 0 Å². The Morgan fingerprint density at radius 1 is 0.727 bits per heavy atom. The topological polar surface area (TPSA) is 24.4 Å². The second-order valence-corrected chi connectivity index (χ2v) is 1.92.